The van der Waals surface area contributed by atoms with Crippen molar-refractivity contribution in [2.75, 3.05) is 43.4 Å². The first-order valence-corrected chi connectivity index (χ1v) is 11.7. The first-order chi connectivity index (χ1) is 13.0. The van der Waals surface area contributed by atoms with Gasteiger partial charge in [-0.2, -0.15) is 4.31 Å². The Morgan fingerprint density at radius 1 is 1.04 bits per heavy atom. The number of carbonyl (C=O) groups excluding carboxylic acids is 2. The van der Waals surface area contributed by atoms with Gasteiger partial charge in [-0.1, -0.05) is 0 Å². The van der Waals surface area contributed by atoms with Crippen LogP contribution in [0.4, 0.5) is 5.69 Å². The monoisotopic (exact) mass is 409 g/mol. The van der Waals surface area contributed by atoms with E-state index in [9.17, 15) is 18.0 Å². The van der Waals surface area contributed by atoms with E-state index < -0.39 is 10.0 Å². The maximum atomic E-state index is 12.9. The zero-order chi connectivity index (χ0) is 19.0. The van der Waals surface area contributed by atoms with Gasteiger partial charge in [-0.15, -0.1) is 11.8 Å². The standard InChI is InChI=1S/C18H23N3O4S2/c22-17(19-7-1-2-8-19)12-21-15-11-14(5-6-16(15)26-13-18(21)23)27(24,25)20-9-3-4-10-20/h5-6,11H,1-4,7-10,12-13H2. The molecule has 2 saturated heterocycles. The third-order valence-corrected chi connectivity index (χ3v) is 8.27. The van der Waals surface area contributed by atoms with Crippen molar-refractivity contribution in [3.63, 3.8) is 0 Å². The second kappa shape index (κ2) is 7.44. The van der Waals surface area contributed by atoms with Crippen LogP contribution >= 0.6 is 11.8 Å². The van der Waals surface area contributed by atoms with E-state index in [1.165, 1.54) is 21.0 Å². The van der Waals surface area contributed by atoms with Crippen molar-refractivity contribution in [3.05, 3.63) is 18.2 Å². The van der Waals surface area contributed by atoms with Crippen LogP contribution in [0.1, 0.15) is 25.7 Å². The third-order valence-electron chi connectivity index (χ3n) is 5.33. The van der Waals surface area contributed by atoms with Gasteiger partial charge in [0, 0.05) is 31.1 Å². The Labute approximate surface area is 163 Å². The van der Waals surface area contributed by atoms with E-state index in [-0.39, 0.29) is 29.0 Å². The molecule has 27 heavy (non-hydrogen) atoms. The number of benzene rings is 1. The molecule has 2 amide bonds. The van der Waals surface area contributed by atoms with Gasteiger partial charge in [0.15, 0.2) is 0 Å². The number of hydrogen-bond acceptors (Lipinski definition) is 5. The van der Waals surface area contributed by atoms with Crippen LogP contribution < -0.4 is 4.90 Å². The van der Waals surface area contributed by atoms with Crippen molar-refractivity contribution < 1.29 is 18.0 Å². The highest BCUT2D eigenvalue weighted by molar-refractivity contribution is 8.00. The molecule has 1 aromatic carbocycles. The van der Waals surface area contributed by atoms with Crippen molar-refractivity contribution in [3.8, 4) is 0 Å². The lowest BCUT2D eigenvalue weighted by atomic mass is 10.2. The normalized spacial score (nSPS) is 21.0. The minimum Gasteiger partial charge on any atom is -0.341 e. The topological polar surface area (TPSA) is 78.0 Å². The summed E-state index contributed by atoms with van der Waals surface area (Å²) in [6.07, 6.45) is 3.72. The molecule has 0 atom stereocenters. The van der Waals surface area contributed by atoms with E-state index in [4.69, 9.17) is 0 Å². The van der Waals surface area contributed by atoms with E-state index in [2.05, 4.69) is 0 Å². The van der Waals surface area contributed by atoms with E-state index in [0.717, 1.165) is 43.7 Å². The molecule has 3 aliphatic rings. The van der Waals surface area contributed by atoms with Crippen LogP contribution in [-0.2, 0) is 19.6 Å². The lowest BCUT2D eigenvalue weighted by molar-refractivity contribution is -0.130. The molecule has 0 bridgehead atoms. The third kappa shape index (κ3) is 3.60. The van der Waals surface area contributed by atoms with E-state index in [1.807, 2.05) is 0 Å². The van der Waals surface area contributed by atoms with Gasteiger partial charge >= 0.3 is 0 Å². The van der Waals surface area contributed by atoms with Crippen molar-refractivity contribution in [1.29, 1.82) is 0 Å². The Kier molecular flexibility index (Phi) is 5.17. The summed E-state index contributed by atoms with van der Waals surface area (Å²) in [6.45, 7) is 2.49. The molecule has 146 valence electrons. The Hall–Kier alpha value is -1.58. The summed E-state index contributed by atoms with van der Waals surface area (Å²) in [5.41, 5.74) is 0.532. The van der Waals surface area contributed by atoms with Crippen LogP contribution in [0, 0.1) is 0 Å². The van der Waals surface area contributed by atoms with Crippen molar-refractivity contribution in [2.24, 2.45) is 0 Å². The minimum absolute atomic E-state index is 0.0282. The highest BCUT2D eigenvalue weighted by atomic mass is 32.2. The largest absolute Gasteiger partial charge is 0.341 e. The number of rotatable bonds is 4. The molecule has 0 aliphatic carbocycles. The van der Waals surface area contributed by atoms with Gasteiger partial charge in [-0.25, -0.2) is 8.42 Å². The Morgan fingerprint density at radius 2 is 1.70 bits per heavy atom. The molecule has 0 saturated carbocycles. The average molecular weight is 410 g/mol. The van der Waals surface area contributed by atoms with Gasteiger partial charge in [0.2, 0.25) is 21.8 Å². The number of likely N-dealkylation sites (tertiary alicyclic amines) is 1. The second-order valence-corrected chi connectivity index (χ2v) is 10.1. The Bertz CT molecular complexity index is 859. The van der Waals surface area contributed by atoms with Crippen LogP contribution in [0.3, 0.4) is 0 Å². The molecule has 0 N–H and O–H groups in total. The molecule has 0 unspecified atom stereocenters. The molecule has 7 nitrogen and oxygen atoms in total. The van der Waals surface area contributed by atoms with E-state index >= 15 is 0 Å². The van der Waals surface area contributed by atoms with Crippen LogP contribution in [-0.4, -0.2) is 67.9 Å². The first-order valence-electron chi connectivity index (χ1n) is 9.32. The molecule has 0 radical (unpaired) electrons. The van der Waals surface area contributed by atoms with E-state index in [1.54, 1.807) is 23.1 Å². The van der Waals surface area contributed by atoms with Crippen LogP contribution in [0.2, 0.25) is 0 Å². The molecule has 0 aromatic heterocycles. The first kappa shape index (κ1) is 18.8. The van der Waals surface area contributed by atoms with Gasteiger partial charge in [-0.3, -0.25) is 9.59 Å². The highest BCUT2D eigenvalue weighted by Gasteiger charge is 2.32. The quantitative estimate of drug-likeness (QED) is 0.754. The molecular weight excluding hydrogens is 386 g/mol. The van der Waals surface area contributed by atoms with Crippen LogP contribution in [0.25, 0.3) is 0 Å². The molecule has 0 spiro atoms. The number of nitrogens with zero attached hydrogens (tertiary/aromatic N) is 3. The van der Waals surface area contributed by atoms with E-state index in [0.29, 0.717) is 18.8 Å². The van der Waals surface area contributed by atoms with Gasteiger partial charge in [0.25, 0.3) is 0 Å². The number of anilines is 1. The maximum absolute atomic E-state index is 12.9. The lowest BCUT2D eigenvalue weighted by Gasteiger charge is -2.30. The van der Waals surface area contributed by atoms with Gasteiger partial charge < -0.3 is 9.80 Å². The number of thioether (sulfide) groups is 1. The van der Waals surface area contributed by atoms with Gasteiger partial charge in [0.1, 0.15) is 6.54 Å². The van der Waals surface area contributed by atoms with Gasteiger partial charge in [0.05, 0.1) is 16.3 Å². The SMILES string of the molecule is O=C(CN1C(=O)CSc2ccc(S(=O)(=O)N3CCCC3)cc21)N1CCCC1. The summed E-state index contributed by atoms with van der Waals surface area (Å²) in [5, 5.41) is 0. The zero-order valence-corrected chi connectivity index (χ0v) is 16.7. The molecule has 3 aliphatic heterocycles. The molecular formula is C18H23N3O4S2. The summed E-state index contributed by atoms with van der Waals surface area (Å²) in [5.74, 6) is 0.0284. The van der Waals surface area contributed by atoms with Crippen LogP contribution in [0.15, 0.2) is 28.0 Å². The summed E-state index contributed by atoms with van der Waals surface area (Å²) < 4.78 is 27.3. The number of hydrogen-bond donors (Lipinski definition) is 0. The fraction of sp³-hybridized carbons (Fsp3) is 0.556. The zero-order valence-electron chi connectivity index (χ0n) is 15.1. The maximum Gasteiger partial charge on any atom is 0.243 e. The number of carbonyl (C=O) groups is 2. The summed E-state index contributed by atoms with van der Waals surface area (Å²) in [4.78, 5) is 29.3. The Morgan fingerprint density at radius 3 is 2.41 bits per heavy atom. The summed E-state index contributed by atoms with van der Waals surface area (Å²) in [6, 6.07) is 4.92. The summed E-state index contributed by atoms with van der Waals surface area (Å²) >= 11 is 1.39. The Balaban J connectivity index is 1.64. The average Bonchev–Trinajstić information content (AvgIpc) is 3.37. The highest BCUT2D eigenvalue weighted by Crippen LogP contribution is 2.37. The summed E-state index contributed by atoms with van der Waals surface area (Å²) in [7, 11) is -3.57. The number of sulfonamides is 1. The second-order valence-electron chi connectivity index (χ2n) is 7.10. The smallest absolute Gasteiger partial charge is 0.243 e. The predicted molar refractivity (Wildman–Crippen MR) is 103 cm³/mol. The fourth-order valence-corrected chi connectivity index (χ4v) is 6.25. The van der Waals surface area contributed by atoms with Crippen molar-refractivity contribution in [2.45, 2.75) is 35.5 Å². The molecule has 2 fully saturated rings. The molecule has 4 rings (SSSR count). The molecule has 3 heterocycles. The number of amides is 2. The number of fused-ring (bicyclic) bond motifs is 1. The lowest BCUT2D eigenvalue weighted by Crippen LogP contribution is -2.44. The van der Waals surface area contributed by atoms with Crippen molar-refractivity contribution >= 4 is 39.3 Å². The predicted octanol–water partition coefficient (Wildman–Crippen LogP) is 1.53. The van der Waals surface area contributed by atoms with Gasteiger partial charge in [-0.05, 0) is 43.9 Å². The molecule has 1 aromatic rings. The molecule has 9 heteroatoms. The van der Waals surface area contributed by atoms with Crippen molar-refractivity contribution in [1.82, 2.24) is 9.21 Å². The fourth-order valence-electron chi connectivity index (χ4n) is 3.80. The minimum atomic E-state index is -3.57. The van der Waals surface area contributed by atoms with Crippen LogP contribution in [0.5, 0.6) is 0 Å².